The molecule has 1 aromatic heterocycles. The number of hydrogen-bond donors (Lipinski definition) is 0. The van der Waals surface area contributed by atoms with Gasteiger partial charge in [-0.2, -0.15) is 0 Å². The van der Waals surface area contributed by atoms with Crippen molar-refractivity contribution in [2.24, 2.45) is 0 Å². The molecule has 0 aliphatic carbocycles. The number of carbonyl (C=O) groups is 1. The third-order valence-corrected chi connectivity index (χ3v) is 3.69. The molecule has 0 unspecified atom stereocenters. The molecule has 0 aliphatic rings. The lowest BCUT2D eigenvalue weighted by atomic mass is 10.1. The number of aldehydes is 1. The third kappa shape index (κ3) is 3.15. The molecule has 1 heterocycles. The molecule has 2 aromatic carbocycles. The van der Waals surface area contributed by atoms with Crippen LogP contribution in [0.3, 0.4) is 0 Å². The zero-order chi connectivity index (χ0) is 17.1. The lowest BCUT2D eigenvalue weighted by Gasteiger charge is -2.12. The van der Waals surface area contributed by atoms with Gasteiger partial charge in [0.05, 0.1) is 7.11 Å². The minimum Gasteiger partial charge on any atom is -0.493 e. The second kappa shape index (κ2) is 6.58. The summed E-state index contributed by atoms with van der Waals surface area (Å²) in [5.74, 6) is 0.959. The van der Waals surface area contributed by atoms with Crippen molar-refractivity contribution in [3.63, 3.8) is 0 Å². The molecule has 3 aromatic rings. The summed E-state index contributed by atoms with van der Waals surface area (Å²) in [5.41, 5.74) is 2.39. The van der Waals surface area contributed by atoms with E-state index < -0.39 is 5.63 Å². The molecular formula is C19H16O5. The van der Waals surface area contributed by atoms with E-state index >= 15 is 0 Å². The molecule has 5 nitrogen and oxygen atoms in total. The Morgan fingerprint density at radius 3 is 2.67 bits per heavy atom. The zero-order valence-electron chi connectivity index (χ0n) is 13.4. The Morgan fingerprint density at radius 1 is 1.08 bits per heavy atom. The minimum atomic E-state index is -0.423. The van der Waals surface area contributed by atoms with Crippen LogP contribution in [-0.2, 0) is 6.61 Å². The van der Waals surface area contributed by atoms with Crippen LogP contribution in [0.2, 0.25) is 0 Å². The van der Waals surface area contributed by atoms with Crippen LogP contribution in [0.4, 0.5) is 0 Å². The SMILES string of the molecule is COc1cc(C=O)ccc1OCc1cc(=O)oc2ccc(C)cc12. The first kappa shape index (κ1) is 15.8. The molecule has 0 radical (unpaired) electrons. The minimum absolute atomic E-state index is 0.183. The molecule has 0 atom stereocenters. The molecule has 0 spiro atoms. The summed E-state index contributed by atoms with van der Waals surface area (Å²) >= 11 is 0. The predicted molar refractivity (Wildman–Crippen MR) is 89.9 cm³/mol. The van der Waals surface area contributed by atoms with Crippen LogP contribution in [0.15, 0.2) is 51.7 Å². The highest BCUT2D eigenvalue weighted by molar-refractivity contribution is 5.81. The first-order valence-electron chi connectivity index (χ1n) is 7.40. The van der Waals surface area contributed by atoms with Gasteiger partial charge in [0.1, 0.15) is 18.5 Å². The monoisotopic (exact) mass is 324 g/mol. The van der Waals surface area contributed by atoms with Gasteiger partial charge in [-0.3, -0.25) is 4.79 Å². The van der Waals surface area contributed by atoms with Crippen LogP contribution < -0.4 is 15.1 Å². The summed E-state index contributed by atoms with van der Waals surface area (Å²) in [6.45, 7) is 2.15. The van der Waals surface area contributed by atoms with Gasteiger partial charge >= 0.3 is 5.63 Å². The fraction of sp³-hybridized carbons (Fsp3) is 0.158. The molecule has 5 heteroatoms. The standard InChI is InChI=1S/C19H16O5/c1-12-3-5-16-15(7-12)14(9-19(21)24-16)11-23-17-6-4-13(10-20)8-18(17)22-2/h3-10H,11H2,1-2H3. The highest BCUT2D eigenvalue weighted by Gasteiger charge is 2.10. The van der Waals surface area contributed by atoms with Crippen molar-refractivity contribution in [3.8, 4) is 11.5 Å². The number of ether oxygens (including phenoxy) is 2. The summed E-state index contributed by atoms with van der Waals surface area (Å²) in [7, 11) is 1.51. The molecule has 122 valence electrons. The molecule has 0 bridgehead atoms. The van der Waals surface area contributed by atoms with Gasteiger partial charge in [0.25, 0.3) is 0 Å². The van der Waals surface area contributed by atoms with E-state index in [4.69, 9.17) is 13.9 Å². The summed E-state index contributed by atoms with van der Waals surface area (Å²) in [6, 6.07) is 11.9. The first-order valence-corrected chi connectivity index (χ1v) is 7.40. The Balaban J connectivity index is 1.95. The Hall–Kier alpha value is -3.08. The maximum Gasteiger partial charge on any atom is 0.336 e. The molecule has 0 fully saturated rings. The fourth-order valence-electron chi connectivity index (χ4n) is 2.49. The molecule has 3 rings (SSSR count). The van der Waals surface area contributed by atoms with Crippen molar-refractivity contribution < 1.29 is 18.7 Å². The Bertz CT molecular complexity index is 956. The second-order valence-electron chi connectivity index (χ2n) is 5.41. The molecule has 0 amide bonds. The highest BCUT2D eigenvalue weighted by atomic mass is 16.5. The van der Waals surface area contributed by atoms with Crippen molar-refractivity contribution in [3.05, 3.63) is 69.6 Å². The highest BCUT2D eigenvalue weighted by Crippen LogP contribution is 2.29. The van der Waals surface area contributed by atoms with Crippen molar-refractivity contribution in [2.45, 2.75) is 13.5 Å². The number of hydrogen-bond acceptors (Lipinski definition) is 5. The maximum absolute atomic E-state index is 11.7. The lowest BCUT2D eigenvalue weighted by Crippen LogP contribution is -2.05. The fourth-order valence-corrected chi connectivity index (χ4v) is 2.49. The van der Waals surface area contributed by atoms with E-state index in [0.717, 1.165) is 22.8 Å². The quantitative estimate of drug-likeness (QED) is 0.531. The van der Waals surface area contributed by atoms with Crippen LogP contribution in [0.1, 0.15) is 21.5 Å². The van der Waals surface area contributed by atoms with E-state index in [1.54, 1.807) is 24.3 Å². The van der Waals surface area contributed by atoms with E-state index in [9.17, 15) is 9.59 Å². The number of aryl methyl sites for hydroxylation is 1. The number of benzene rings is 2. The van der Waals surface area contributed by atoms with Gasteiger partial charge in [-0.05, 0) is 37.3 Å². The Labute approximate surface area is 138 Å². The smallest absolute Gasteiger partial charge is 0.336 e. The van der Waals surface area contributed by atoms with Crippen molar-refractivity contribution in [1.82, 2.24) is 0 Å². The van der Waals surface area contributed by atoms with Crippen LogP contribution in [0.5, 0.6) is 11.5 Å². The number of methoxy groups -OCH3 is 1. The summed E-state index contributed by atoms with van der Waals surface area (Å²) in [4.78, 5) is 22.6. The summed E-state index contributed by atoms with van der Waals surface area (Å²) in [5, 5.41) is 0.832. The zero-order valence-corrected chi connectivity index (χ0v) is 13.4. The summed E-state index contributed by atoms with van der Waals surface area (Å²) < 4.78 is 16.2. The third-order valence-electron chi connectivity index (χ3n) is 3.69. The van der Waals surface area contributed by atoms with Gasteiger partial charge in [0.15, 0.2) is 11.5 Å². The Morgan fingerprint density at radius 2 is 1.92 bits per heavy atom. The largest absolute Gasteiger partial charge is 0.493 e. The average Bonchev–Trinajstić information content (AvgIpc) is 2.59. The average molecular weight is 324 g/mol. The van der Waals surface area contributed by atoms with E-state index in [-0.39, 0.29) is 6.61 Å². The first-order chi connectivity index (χ1) is 11.6. The van der Waals surface area contributed by atoms with Gasteiger partial charge in [-0.25, -0.2) is 4.79 Å². The topological polar surface area (TPSA) is 65.7 Å². The molecule has 0 aliphatic heterocycles. The molecule has 0 N–H and O–H groups in total. The summed E-state index contributed by atoms with van der Waals surface area (Å²) in [6.07, 6.45) is 0.741. The van der Waals surface area contributed by atoms with Crippen LogP contribution in [0.25, 0.3) is 11.0 Å². The number of rotatable bonds is 5. The van der Waals surface area contributed by atoms with Crippen LogP contribution >= 0.6 is 0 Å². The van der Waals surface area contributed by atoms with Gasteiger partial charge in [-0.1, -0.05) is 11.6 Å². The molecule has 0 saturated heterocycles. The van der Waals surface area contributed by atoms with E-state index in [0.29, 0.717) is 22.6 Å². The van der Waals surface area contributed by atoms with Crippen molar-refractivity contribution in [2.75, 3.05) is 7.11 Å². The predicted octanol–water partition coefficient (Wildman–Crippen LogP) is 3.50. The Kier molecular flexibility index (Phi) is 4.33. The molecule has 24 heavy (non-hydrogen) atoms. The van der Waals surface area contributed by atoms with Crippen molar-refractivity contribution >= 4 is 17.3 Å². The van der Waals surface area contributed by atoms with Crippen LogP contribution in [0, 0.1) is 6.92 Å². The van der Waals surface area contributed by atoms with Gasteiger partial charge in [0.2, 0.25) is 0 Å². The normalized spacial score (nSPS) is 10.6. The molecule has 0 saturated carbocycles. The number of fused-ring (bicyclic) bond motifs is 1. The van der Waals surface area contributed by atoms with Gasteiger partial charge in [0, 0.05) is 22.6 Å². The van der Waals surface area contributed by atoms with Crippen LogP contribution in [-0.4, -0.2) is 13.4 Å². The van der Waals surface area contributed by atoms with E-state index in [1.807, 2.05) is 19.1 Å². The van der Waals surface area contributed by atoms with Gasteiger partial charge in [-0.15, -0.1) is 0 Å². The van der Waals surface area contributed by atoms with Crippen molar-refractivity contribution in [1.29, 1.82) is 0 Å². The maximum atomic E-state index is 11.7. The second-order valence-corrected chi connectivity index (χ2v) is 5.41. The van der Waals surface area contributed by atoms with E-state index in [2.05, 4.69) is 0 Å². The lowest BCUT2D eigenvalue weighted by molar-refractivity contribution is 0.112. The van der Waals surface area contributed by atoms with E-state index in [1.165, 1.54) is 13.2 Å². The molecular weight excluding hydrogens is 308 g/mol. The number of carbonyl (C=O) groups excluding carboxylic acids is 1. The van der Waals surface area contributed by atoms with Gasteiger partial charge < -0.3 is 13.9 Å².